The fourth-order valence-corrected chi connectivity index (χ4v) is 4.27. The summed E-state index contributed by atoms with van der Waals surface area (Å²) >= 11 is 19.7. The molecule has 2 aromatic heterocycles. The van der Waals surface area contributed by atoms with Crippen molar-refractivity contribution in [1.29, 1.82) is 0 Å². The number of rotatable bonds is 3. The van der Waals surface area contributed by atoms with Gasteiger partial charge in [-0.2, -0.15) is 0 Å². The number of hydrogen-bond acceptors (Lipinski definition) is 3. The quantitative estimate of drug-likeness (QED) is 0.423. The van der Waals surface area contributed by atoms with Crippen molar-refractivity contribution in [2.24, 2.45) is 0 Å². The topological polar surface area (TPSA) is 35.1 Å². The molecule has 0 radical (unpaired) electrons. The lowest BCUT2D eigenvalue weighted by Gasteiger charge is -2.01. The maximum absolute atomic E-state index is 12.9. The van der Waals surface area contributed by atoms with E-state index in [0.29, 0.717) is 47.0 Å². The minimum Gasteiger partial charge on any atom is -0.457 e. The minimum atomic E-state index is -0.184. The zero-order valence-corrected chi connectivity index (χ0v) is 17.4. The highest BCUT2D eigenvalue weighted by molar-refractivity contribution is 7.07. The molecule has 0 aliphatic rings. The molecule has 0 fully saturated rings. The van der Waals surface area contributed by atoms with E-state index in [1.165, 1.54) is 15.9 Å². The zero-order chi connectivity index (χ0) is 19.8. The summed E-state index contributed by atoms with van der Waals surface area (Å²) in [5.41, 5.74) is 1.18. The van der Waals surface area contributed by atoms with Gasteiger partial charge in [-0.3, -0.25) is 9.36 Å². The summed E-state index contributed by atoms with van der Waals surface area (Å²) in [6, 6.07) is 16.0. The molecule has 0 saturated heterocycles. The van der Waals surface area contributed by atoms with Gasteiger partial charge in [0.1, 0.15) is 11.5 Å². The molecule has 3 nitrogen and oxygen atoms in total. The normalized spacial score (nSPS) is 11.9. The number of halogens is 3. The molecule has 0 saturated carbocycles. The summed E-state index contributed by atoms with van der Waals surface area (Å²) < 4.78 is 8.49. The van der Waals surface area contributed by atoms with Gasteiger partial charge in [-0.25, -0.2) is 0 Å². The van der Waals surface area contributed by atoms with Crippen LogP contribution < -0.4 is 14.8 Å². The Morgan fingerprint density at radius 1 is 1.04 bits per heavy atom. The smallest absolute Gasteiger partial charge is 0.273 e. The Hall–Kier alpha value is -2.24. The van der Waals surface area contributed by atoms with Crippen LogP contribution in [-0.2, 0) is 0 Å². The highest BCUT2D eigenvalue weighted by atomic mass is 35.5. The van der Waals surface area contributed by atoms with E-state index in [2.05, 4.69) is 6.58 Å². The van der Waals surface area contributed by atoms with Crippen molar-refractivity contribution >= 4 is 58.8 Å². The second-order valence-electron chi connectivity index (χ2n) is 5.93. The summed E-state index contributed by atoms with van der Waals surface area (Å²) in [7, 11) is 0. The summed E-state index contributed by atoms with van der Waals surface area (Å²) in [6.45, 7) is 3.98. The van der Waals surface area contributed by atoms with Crippen LogP contribution in [0.1, 0.15) is 5.76 Å². The first kappa shape index (κ1) is 19.1. The van der Waals surface area contributed by atoms with Gasteiger partial charge in [0.25, 0.3) is 5.56 Å². The average Bonchev–Trinajstić information content (AvgIpc) is 3.22. The highest BCUT2D eigenvalue weighted by Crippen LogP contribution is 2.34. The Labute approximate surface area is 179 Å². The fourth-order valence-electron chi connectivity index (χ4n) is 2.81. The Kier molecular flexibility index (Phi) is 5.21. The minimum absolute atomic E-state index is 0.184. The first-order chi connectivity index (χ1) is 13.4. The average molecular weight is 449 g/mol. The van der Waals surface area contributed by atoms with E-state index < -0.39 is 0 Å². The Balaban J connectivity index is 1.78. The standard InChI is InChI=1S/C21H12Cl3NO2S/c1-12-25(14-5-2-4-13(22)10-14)21(26)19(28-12)11-15-8-9-18(27-15)16-6-3-7-17(23)20(16)24/h2-11H,1H2/b19-11-. The van der Waals surface area contributed by atoms with Crippen LogP contribution in [-0.4, -0.2) is 4.57 Å². The molecule has 0 aliphatic carbocycles. The lowest BCUT2D eigenvalue weighted by Crippen LogP contribution is -2.29. The molecule has 0 atom stereocenters. The van der Waals surface area contributed by atoms with Gasteiger partial charge in [-0.15, -0.1) is 11.3 Å². The van der Waals surface area contributed by atoms with Crippen LogP contribution in [0.4, 0.5) is 0 Å². The van der Waals surface area contributed by atoms with E-state index in [4.69, 9.17) is 39.2 Å². The maximum Gasteiger partial charge on any atom is 0.273 e. The first-order valence-corrected chi connectivity index (χ1v) is 10.1. The zero-order valence-electron chi connectivity index (χ0n) is 14.3. The van der Waals surface area contributed by atoms with E-state index >= 15 is 0 Å². The highest BCUT2D eigenvalue weighted by Gasteiger charge is 2.11. The van der Waals surface area contributed by atoms with Gasteiger partial charge in [0.05, 0.1) is 24.9 Å². The molecular weight excluding hydrogens is 437 g/mol. The molecule has 0 bridgehead atoms. The molecule has 0 aliphatic heterocycles. The lowest BCUT2D eigenvalue weighted by atomic mass is 10.2. The van der Waals surface area contributed by atoms with Crippen molar-refractivity contribution in [3.8, 4) is 17.0 Å². The summed E-state index contributed by atoms with van der Waals surface area (Å²) in [4.78, 5) is 12.9. The van der Waals surface area contributed by atoms with Gasteiger partial charge in [0.2, 0.25) is 0 Å². The number of hydrogen-bond donors (Lipinski definition) is 0. The van der Waals surface area contributed by atoms with Crippen LogP contribution in [0.15, 0.2) is 63.8 Å². The van der Waals surface area contributed by atoms with Crippen molar-refractivity contribution in [2.75, 3.05) is 0 Å². The molecule has 0 N–H and O–H groups in total. The molecule has 4 rings (SSSR count). The predicted molar refractivity (Wildman–Crippen MR) is 117 cm³/mol. The summed E-state index contributed by atoms with van der Waals surface area (Å²) in [5.74, 6) is 1.10. The predicted octanol–water partition coefficient (Wildman–Crippen LogP) is 5.36. The molecule has 7 heteroatoms. The van der Waals surface area contributed by atoms with Crippen molar-refractivity contribution in [3.05, 3.63) is 95.0 Å². The number of nitrogens with zero attached hydrogens (tertiary/aromatic N) is 1. The lowest BCUT2D eigenvalue weighted by molar-refractivity contribution is 0.571. The molecule has 2 aromatic carbocycles. The van der Waals surface area contributed by atoms with Gasteiger partial charge in [-0.1, -0.05) is 53.5 Å². The van der Waals surface area contributed by atoms with Gasteiger partial charge >= 0.3 is 0 Å². The number of aromatic nitrogens is 1. The fraction of sp³-hybridized carbons (Fsp3) is 0. The van der Waals surface area contributed by atoms with Crippen LogP contribution in [0, 0.1) is 0 Å². The largest absolute Gasteiger partial charge is 0.457 e. The van der Waals surface area contributed by atoms with Gasteiger partial charge in [0.15, 0.2) is 0 Å². The summed E-state index contributed by atoms with van der Waals surface area (Å²) in [5, 5.41) is 1.42. The first-order valence-electron chi connectivity index (χ1n) is 8.17. The third-order valence-corrected chi connectivity index (χ3v) is 6.06. The second kappa shape index (κ2) is 7.64. The monoisotopic (exact) mass is 447 g/mol. The molecule has 0 spiro atoms. The maximum atomic E-state index is 12.9. The van der Waals surface area contributed by atoms with Crippen molar-refractivity contribution in [3.63, 3.8) is 0 Å². The SMILES string of the molecule is C=c1s/c(=C\c2ccc(-c3cccc(Cl)c3Cl)o2)c(=O)n1-c1cccc(Cl)c1. The second-order valence-corrected chi connectivity index (χ2v) is 8.27. The number of thiazole rings is 1. The molecule has 140 valence electrons. The van der Waals surface area contributed by atoms with E-state index in [9.17, 15) is 4.79 Å². The molecular formula is C21H12Cl3NO2S. The van der Waals surface area contributed by atoms with Crippen LogP contribution in [0.2, 0.25) is 15.1 Å². The van der Waals surface area contributed by atoms with Crippen LogP contribution in [0.25, 0.3) is 29.7 Å². The Morgan fingerprint density at radius 3 is 2.61 bits per heavy atom. The Bertz CT molecular complexity index is 1350. The van der Waals surface area contributed by atoms with Gasteiger partial charge < -0.3 is 4.42 Å². The molecule has 0 unspecified atom stereocenters. The molecule has 2 heterocycles. The molecule has 0 amide bonds. The van der Waals surface area contributed by atoms with E-state index in [1.807, 2.05) is 12.1 Å². The van der Waals surface area contributed by atoms with Crippen LogP contribution >= 0.6 is 46.1 Å². The van der Waals surface area contributed by atoms with Crippen molar-refractivity contribution < 1.29 is 4.42 Å². The third-order valence-electron chi connectivity index (χ3n) is 4.07. The van der Waals surface area contributed by atoms with Gasteiger partial charge in [0, 0.05) is 16.7 Å². The molecule has 28 heavy (non-hydrogen) atoms. The van der Waals surface area contributed by atoms with Crippen molar-refractivity contribution in [2.45, 2.75) is 0 Å². The van der Waals surface area contributed by atoms with E-state index in [-0.39, 0.29) is 5.56 Å². The van der Waals surface area contributed by atoms with E-state index in [0.717, 1.165) is 0 Å². The third kappa shape index (κ3) is 3.56. The number of furan rings is 1. The summed E-state index contributed by atoms with van der Waals surface area (Å²) in [6.07, 6.45) is 1.69. The Morgan fingerprint density at radius 2 is 1.82 bits per heavy atom. The van der Waals surface area contributed by atoms with Gasteiger partial charge in [-0.05, 0) is 42.5 Å². The number of benzene rings is 2. The van der Waals surface area contributed by atoms with Crippen LogP contribution in [0.5, 0.6) is 0 Å². The molecule has 4 aromatic rings. The van der Waals surface area contributed by atoms with E-state index in [1.54, 1.807) is 48.5 Å². The van der Waals surface area contributed by atoms with Crippen LogP contribution in [0.3, 0.4) is 0 Å². The van der Waals surface area contributed by atoms with Crippen molar-refractivity contribution in [1.82, 2.24) is 4.57 Å².